The van der Waals surface area contributed by atoms with Crippen LogP contribution in [0.3, 0.4) is 0 Å². The van der Waals surface area contributed by atoms with Gasteiger partial charge in [-0.25, -0.2) is 0 Å². The molecule has 25 heavy (non-hydrogen) atoms. The van der Waals surface area contributed by atoms with Crippen LogP contribution in [0.2, 0.25) is 0 Å². The van der Waals surface area contributed by atoms with E-state index in [1.807, 2.05) is 18.2 Å². The molecule has 0 bridgehead atoms. The molecule has 2 aromatic carbocycles. The van der Waals surface area contributed by atoms with Crippen LogP contribution < -0.4 is 5.73 Å². The molecule has 1 fully saturated rings. The number of ether oxygens (including phenoxy) is 1. The summed E-state index contributed by atoms with van der Waals surface area (Å²) in [4.78, 5) is 16.7. The predicted octanol–water partition coefficient (Wildman–Crippen LogP) is 3.10. The summed E-state index contributed by atoms with van der Waals surface area (Å²) in [6.07, 6.45) is 1.54. The molecule has 5 heteroatoms. The van der Waals surface area contributed by atoms with E-state index in [1.165, 1.54) is 0 Å². The number of phenolic OH excluding ortho intramolecular Hbond substituents is 1. The van der Waals surface area contributed by atoms with E-state index >= 15 is 0 Å². The third-order valence-corrected chi connectivity index (χ3v) is 5.64. The molecule has 2 aliphatic rings. The first kappa shape index (κ1) is 14.5. The number of carbonyl (C=O) groups is 1. The summed E-state index contributed by atoms with van der Waals surface area (Å²) in [5.74, 6) is 0.180. The van der Waals surface area contributed by atoms with Crippen molar-refractivity contribution >= 4 is 22.4 Å². The highest BCUT2D eigenvalue weighted by Crippen LogP contribution is 2.50. The summed E-state index contributed by atoms with van der Waals surface area (Å²) in [5.41, 5.74) is 10.4. The molecular formula is C20H18N2O3. The molecule has 4 N–H and O–H groups in total. The number of nitrogens with one attached hydrogen (secondary N) is 1. The summed E-state index contributed by atoms with van der Waals surface area (Å²) in [6, 6.07) is 10.7. The average Bonchev–Trinajstić information content (AvgIpc) is 3.00. The van der Waals surface area contributed by atoms with Gasteiger partial charge in [0.05, 0.1) is 5.56 Å². The van der Waals surface area contributed by atoms with E-state index in [1.54, 1.807) is 18.2 Å². The van der Waals surface area contributed by atoms with Gasteiger partial charge in [-0.1, -0.05) is 6.07 Å². The molecule has 0 amide bonds. The maximum Gasteiger partial charge on any atom is 0.195 e. The Bertz CT molecular complexity index is 1030. The Kier molecular flexibility index (Phi) is 2.83. The number of ketones is 1. The number of aromatic hydroxyl groups is 1. The highest BCUT2D eigenvalue weighted by atomic mass is 16.5. The van der Waals surface area contributed by atoms with Crippen LogP contribution in [0.25, 0.3) is 10.9 Å². The molecule has 0 saturated carbocycles. The van der Waals surface area contributed by atoms with Crippen LogP contribution in [-0.2, 0) is 10.2 Å². The fourth-order valence-corrected chi connectivity index (χ4v) is 4.44. The van der Waals surface area contributed by atoms with Gasteiger partial charge >= 0.3 is 0 Å². The van der Waals surface area contributed by atoms with Crippen molar-refractivity contribution in [3.05, 3.63) is 58.8 Å². The van der Waals surface area contributed by atoms with Crippen LogP contribution in [-0.4, -0.2) is 29.1 Å². The van der Waals surface area contributed by atoms with Crippen LogP contribution in [0.1, 0.15) is 40.0 Å². The normalized spacial score (nSPS) is 18.3. The summed E-state index contributed by atoms with van der Waals surface area (Å²) in [7, 11) is 0. The number of aromatic nitrogens is 1. The first-order valence-corrected chi connectivity index (χ1v) is 8.48. The third kappa shape index (κ3) is 1.84. The lowest BCUT2D eigenvalue weighted by Crippen LogP contribution is -2.40. The summed E-state index contributed by atoms with van der Waals surface area (Å²) < 4.78 is 5.60. The zero-order valence-corrected chi connectivity index (χ0v) is 13.6. The second-order valence-corrected chi connectivity index (χ2v) is 6.93. The molecule has 1 saturated heterocycles. The van der Waals surface area contributed by atoms with Crippen LogP contribution >= 0.6 is 0 Å². The zero-order valence-electron chi connectivity index (χ0n) is 13.6. The van der Waals surface area contributed by atoms with E-state index < -0.39 is 0 Å². The molecule has 3 aromatic rings. The van der Waals surface area contributed by atoms with Crippen molar-refractivity contribution in [3.8, 4) is 5.75 Å². The number of nitrogens with two attached hydrogens (primary N) is 1. The van der Waals surface area contributed by atoms with Gasteiger partial charge in [0.25, 0.3) is 0 Å². The largest absolute Gasteiger partial charge is 0.508 e. The summed E-state index contributed by atoms with van der Waals surface area (Å²) in [6.45, 7) is 1.25. The van der Waals surface area contributed by atoms with Crippen LogP contribution in [0, 0.1) is 0 Å². The number of H-pyrrole nitrogens is 1. The Morgan fingerprint density at radius 3 is 2.72 bits per heavy atom. The topological polar surface area (TPSA) is 88.3 Å². The van der Waals surface area contributed by atoms with Crippen LogP contribution in [0.4, 0.5) is 5.69 Å². The van der Waals surface area contributed by atoms with Crippen LogP contribution in [0.5, 0.6) is 5.75 Å². The fourth-order valence-electron chi connectivity index (χ4n) is 4.44. The van der Waals surface area contributed by atoms with Crippen molar-refractivity contribution in [2.24, 2.45) is 0 Å². The van der Waals surface area contributed by atoms with Crippen molar-refractivity contribution < 1.29 is 14.6 Å². The van der Waals surface area contributed by atoms with Crippen molar-refractivity contribution in [2.45, 2.75) is 18.3 Å². The van der Waals surface area contributed by atoms with Crippen LogP contribution in [0.15, 0.2) is 36.4 Å². The van der Waals surface area contributed by atoms with Gasteiger partial charge in [0, 0.05) is 46.5 Å². The number of carbonyl (C=O) groups excluding carboxylic acids is 1. The second-order valence-electron chi connectivity index (χ2n) is 6.93. The highest BCUT2D eigenvalue weighted by Gasteiger charge is 2.46. The third-order valence-electron chi connectivity index (χ3n) is 5.64. The highest BCUT2D eigenvalue weighted by molar-refractivity contribution is 6.20. The average molecular weight is 334 g/mol. The number of anilines is 1. The maximum atomic E-state index is 13.2. The van der Waals surface area contributed by atoms with E-state index in [0.29, 0.717) is 24.5 Å². The van der Waals surface area contributed by atoms with Gasteiger partial charge in [-0.2, -0.15) is 0 Å². The minimum atomic E-state index is -0.344. The Balaban J connectivity index is 1.89. The molecule has 2 heterocycles. The van der Waals surface area contributed by atoms with E-state index in [-0.39, 0.29) is 16.9 Å². The predicted molar refractivity (Wildman–Crippen MR) is 95.1 cm³/mol. The lowest BCUT2D eigenvalue weighted by Gasteiger charge is -2.41. The molecule has 0 atom stereocenters. The zero-order chi connectivity index (χ0) is 17.2. The lowest BCUT2D eigenvalue weighted by molar-refractivity contribution is 0.0601. The lowest BCUT2D eigenvalue weighted by atomic mass is 9.64. The maximum absolute atomic E-state index is 13.2. The van der Waals surface area contributed by atoms with Crippen molar-refractivity contribution in [1.82, 2.24) is 4.98 Å². The Labute approximate surface area is 144 Å². The molecule has 126 valence electrons. The van der Waals surface area contributed by atoms with Crippen molar-refractivity contribution in [1.29, 1.82) is 0 Å². The Morgan fingerprint density at radius 2 is 1.92 bits per heavy atom. The number of rotatable bonds is 0. The molecule has 5 rings (SSSR count). The van der Waals surface area contributed by atoms with Gasteiger partial charge in [0.2, 0.25) is 0 Å². The summed E-state index contributed by atoms with van der Waals surface area (Å²) >= 11 is 0. The van der Waals surface area contributed by atoms with Crippen molar-refractivity contribution in [3.63, 3.8) is 0 Å². The number of benzene rings is 2. The quantitative estimate of drug-likeness (QED) is 0.551. The van der Waals surface area contributed by atoms with Gasteiger partial charge in [0.15, 0.2) is 5.78 Å². The monoisotopic (exact) mass is 334 g/mol. The van der Waals surface area contributed by atoms with Crippen molar-refractivity contribution in [2.75, 3.05) is 18.9 Å². The Hall–Kier alpha value is -2.79. The molecule has 5 nitrogen and oxygen atoms in total. The van der Waals surface area contributed by atoms with Gasteiger partial charge in [-0.15, -0.1) is 0 Å². The first-order valence-electron chi connectivity index (χ1n) is 8.48. The SMILES string of the molecule is Nc1ccc2c3c([nH]c2c1)C1(CCOCC1)c1cc(O)ccc1C3=O. The number of hydrogen-bond acceptors (Lipinski definition) is 4. The van der Waals surface area contributed by atoms with Gasteiger partial charge in [-0.05, 0) is 48.7 Å². The smallest absolute Gasteiger partial charge is 0.195 e. The number of nitrogen functional groups attached to an aromatic ring is 1. The number of phenols is 1. The minimum Gasteiger partial charge on any atom is -0.508 e. The van der Waals surface area contributed by atoms with Gasteiger partial charge in [-0.3, -0.25) is 4.79 Å². The fraction of sp³-hybridized carbons (Fsp3) is 0.250. The Morgan fingerprint density at radius 1 is 1.12 bits per heavy atom. The standard InChI is InChI=1S/C20H18N2O3/c21-11-1-3-14-16(9-11)22-19-17(14)18(24)13-4-2-12(23)10-15(13)20(19)5-7-25-8-6-20/h1-4,9-10,22-23H,5-8,21H2. The number of fused-ring (bicyclic) bond motifs is 6. The van der Waals surface area contributed by atoms with E-state index in [2.05, 4.69) is 4.98 Å². The number of aromatic amines is 1. The summed E-state index contributed by atoms with van der Waals surface area (Å²) in [5, 5.41) is 10.9. The molecule has 0 unspecified atom stereocenters. The van der Waals surface area contributed by atoms with E-state index in [9.17, 15) is 9.90 Å². The molecule has 1 aromatic heterocycles. The van der Waals surface area contributed by atoms with E-state index in [4.69, 9.17) is 10.5 Å². The molecular weight excluding hydrogens is 316 g/mol. The molecule has 1 aliphatic heterocycles. The molecule has 1 aliphatic carbocycles. The second kappa shape index (κ2) is 4.86. The molecule has 0 radical (unpaired) electrons. The van der Waals surface area contributed by atoms with Gasteiger partial charge in [0.1, 0.15) is 5.75 Å². The van der Waals surface area contributed by atoms with Gasteiger partial charge < -0.3 is 20.6 Å². The van der Waals surface area contributed by atoms with E-state index in [0.717, 1.165) is 40.6 Å². The minimum absolute atomic E-state index is 0.00172. The number of hydrogen-bond donors (Lipinski definition) is 3. The first-order chi connectivity index (χ1) is 12.1. The molecule has 1 spiro atoms.